The van der Waals surface area contributed by atoms with Crippen molar-refractivity contribution < 1.29 is 23.9 Å². The zero-order valence-corrected chi connectivity index (χ0v) is 14.4. The minimum atomic E-state index is -1.93. The largest absolute Gasteiger partial charge is 0.468 e. The molecular formula is C16H17BrO5. The van der Waals surface area contributed by atoms with Crippen molar-refractivity contribution in [3.8, 4) is 0 Å². The van der Waals surface area contributed by atoms with Crippen molar-refractivity contribution in [3.63, 3.8) is 0 Å². The Bertz CT molecular complexity index is 634. The number of ketones is 1. The second-order valence-electron chi connectivity index (χ2n) is 6.00. The van der Waals surface area contributed by atoms with E-state index in [1.165, 1.54) is 6.92 Å². The van der Waals surface area contributed by atoms with Crippen molar-refractivity contribution in [3.05, 3.63) is 34.3 Å². The van der Waals surface area contributed by atoms with Crippen LogP contribution >= 0.6 is 15.9 Å². The lowest BCUT2D eigenvalue weighted by Crippen LogP contribution is -2.57. The monoisotopic (exact) mass is 368 g/mol. The molecule has 2 atom stereocenters. The van der Waals surface area contributed by atoms with Gasteiger partial charge in [0.25, 0.3) is 0 Å². The second kappa shape index (κ2) is 5.50. The van der Waals surface area contributed by atoms with Gasteiger partial charge in [0.05, 0.1) is 12.5 Å². The summed E-state index contributed by atoms with van der Waals surface area (Å²) in [6.07, 6.45) is -0.752. The molecule has 0 radical (unpaired) electrons. The average Bonchev–Trinajstić information content (AvgIpc) is 2.49. The molecule has 2 rings (SSSR count). The highest BCUT2D eigenvalue weighted by atomic mass is 79.9. The van der Waals surface area contributed by atoms with Crippen LogP contribution in [-0.2, 0) is 23.9 Å². The van der Waals surface area contributed by atoms with Crippen molar-refractivity contribution in [1.29, 1.82) is 0 Å². The van der Waals surface area contributed by atoms with E-state index >= 15 is 0 Å². The van der Waals surface area contributed by atoms with Gasteiger partial charge in [0, 0.05) is 4.47 Å². The number of cyclic esters (lactones) is 1. The minimum Gasteiger partial charge on any atom is -0.468 e. The summed E-state index contributed by atoms with van der Waals surface area (Å²) in [6, 6.07) is 7.16. The van der Waals surface area contributed by atoms with E-state index in [0.29, 0.717) is 5.56 Å². The Labute approximate surface area is 137 Å². The topological polar surface area (TPSA) is 69.7 Å². The summed E-state index contributed by atoms with van der Waals surface area (Å²) in [5, 5.41) is 0. The number of ether oxygens (including phenoxy) is 2. The van der Waals surface area contributed by atoms with Crippen LogP contribution in [0.1, 0.15) is 32.4 Å². The summed E-state index contributed by atoms with van der Waals surface area (Å²) in [5.41, 5.74) is -2.28. The number of carbonyl (C=O) groups is 3. The van der Waals surface area contributed by atoms with Crippen LogP contribution in [-0.4, -0.2) is 24.8 Å². The van der Waals surface area contributed by atoms with Gasteiger partial charge in [-0.3, -0.25) is 14.4 Å². The Balaban J connectivity index is 2.48. The predicted molar refractivity (Wildman–Crippen MR) is 81.9 cm³/mol. The maximum atomic E-state index is 12.8. The Morgan fingerprint density at radius 2 is 1.73 bits per heavy atom. The molecule has 0 unspecified atom stereocenters. The number of carbonyl (C=O) groups excluding carboxylic acids is 3. The number of hydrogen-bond donors (Lipinski definition) is 0. The quantitative estimate of drug-likeness (QED) is 0.592. The van der Waals surface area contributed by atoms with E-state index < -0.39 is 34.7 Å². The molecule has 1 aliphatic heterocycles. The van der Waals surface area contributed by atoms with Gasteiger partial charge in [0.1, 0.15) is 6.10 Å². The first-order valence-corrected chi connectivity index (χ1v) is 7.55. The van der Waals surface area contributed by atoms with Gasteiger partial charge in [-0.1, -0.05) is 28.1 Å². The molecular weight excluding hydrogens is 352 g/mol. The lowest BCUT2D eigenvalue weighted by atomic mass is 9.66. The maximum Gasteiger partial charge on any atom is 0.331 e. The maximum absolute atomic E-state index is 12.8. The van der Waals surface area contributed by atoms with Crippen LogP contribution in [0.25, 0.3) is 0 Å². The summed E-state index contributed by atoms with van der Waals surface area (Å²) >= 11 is 3.33. The fraction of sp³-hybridized carbons (Fsp3) is 0.438. The minimum absolute atomic E-state index is 0.504. The normalized spacial score (nSPS) is 27.2. The highest BCUT2D eigenvalue weighted by Crippen LogP contribution is 2.48. The van der Waals surface area contributed by atoms with E-state index in [0.717, 1.165) is 11.6 Å². The van der Waals surface area contributed by atoms with Crippen LogP contribution in [0.3, 0.4) is 0 Å². The van der Waals surface area contributed by atoms with Crippen molar-refractivity contribution in [2.45, 2.75) is 26.9 Å². The van der Waals surface area contributed by atoms with Gasteiger partial charge in [-0.05, 0) is 38.5 Å². The van der Waals surface area contributed by atoms with Crippen molar-refractivity contribution in [1.82, 2.24) is 0 Å². The third kappa shape index (κ3) is 2.35. The van der Waals surface area contributed by atoms with Gasteiger partial charge < -0.3 is 9.47 Å². The molecule has 1 fully saturated rings. The molecule has 0 spiro atoms. The molecule has 1 saturated heterocycles. The van der Waals surface area contributed by atoms with Crippen molar-refractivity contribution in [2.24, 2.45) is 10.8 Å². The van der Waals surface area contributed by atoms with Crippen molar-refractivity contribution in [2.75, 3.05) is 7.11 Å². The van der Waals surface area contributed by atoms with Gasteiger partial charge in [-0.2, -0.15) is 0 Å². The van der Waals surface area contributed by atoms with E-state index in [4.69, 9.17) is 4.74 Å². The molecule has 118 valence electrons. The molecule has 1 aliphatic rings. The van der Waals surface area contributed by atoms with E-state index in [1.807, 2.05) is 0 Å². The summed E-state index contributed by atoms with van der Waals surface area (Å²) < 4.78 is 11.0. The van der Waals surface area contributed by atoms with Gasteiger partial charge in [0.2, 0.25) is 5.41 Å². The molecule has 6 heteroatoms. The first-order valence-electron chi connectivity index (χ1n) is 6.75. The zero-order valence-electron chi connectivity index (χ0n) is 12.8. The van der Waals surface area contributed by atoms with Crippen LogP contribution < -0.4 is 0 Å². The van der Waals surface area contributed by atoms with Crippen LogP contribution in [0.4, 0.5) is 0 Å². The number of methoxy groups -OCH3 is 1. The summed E-state index contributed by atoms with van der Waals surface area (Å²) in [6.45, 7) is 4.58. The highest BCUT2D eigenvalue weighted by Gasteiger charge is 2.62. The van der Waals surface area contributed by atoms with Crippen LogP contribution in [0.2, 0.25) is 0 Å². The molecule has 5 nitrogen and oxygen atoms in total. The molecule has 0 N–H and O–H groups in total. The van der Waals surface area contributed by atoms with E-state index in [2.05, 4.69) is 20.7 Å². The summed E-state index contributed by atoms with van der Waals surface area (Å²) in [4.78, 5) is 37.1. The number of benzene rings is 1. The predicted octanol–water partition coefficient (Wildman–Crippen LogP) is 2.82. The van der Waals surface area contributed by atoms with Crippen molar-refractivity contribution >= 4 is 33.7 Å². The summed E-state index contributed by atoms with van der Waals surface area (Å²) in [5.74, 6) is -2.28. The molecule has 0 aliphatic carbocycles. The molecule has 1 aromatic carbocycles. The van der Waals surface area contributed by atoms with Gasteiger partial charge in [-0.25, -0.2) is 0 Å². The first-order chi connectivity index (χ1) is 10.2. The lowest BCUT2D eigenvalue weighted by Gasteiger charge is -2.43. The molecule has 0 saturated carbocycles. The standard InChI is InChI=1S/C16H17BrO5/c1-15(2)11(9-5-7-10(17)8-6-9)22-14(20)16(3,12(15)18)13(19)21-4/h5-8,11H,1-4H3/t11-,16-/m0/s1. The number of hydrogen-bond acceptors (Lipinski definition) is 5. The average molecular weight is 369 g/mol. The number of halogens is 1. The number of rotatable bonds is 2. The third-order valence-corrected chi connectivity index (χ3v) is 4.62. The highest BCUT2D eigenvalue weighted by molar-refractivity contribution is 9.10. The molecule has 0 amide bonds. The Morgan fingerprint density at radius 1 is 1.18 bits per heavy atom. The fourth-order valence-electron chi connectivity index (χ4n) is 2.73. The first kappa shape index (κ1) is 16.7. The molecule has 22 heavy (non-hydrogen) atoms. The Hall–Kier alpha value is -1.69. The summed E-state index contributed by atoms with van der Waals surface area (Å²) in [7, 11) is 1.14. The smallest absolute Gasteiger partial charge is 0.331 e. The number of esters is 2. The molecule has 0 aromatic heterocycles. The van der Waals surface area contributed by atoms with Crippen LogP contribution in [0, 0.1) is 10.8 Å². The zero-order chi connectivity index (χ0) is 16.7. The lowest BCUT2D eigenvalue weighted by molar-refractivity contribution is -0.194. The van der Waals surface area contributed by atoms with Gasteiger partial charge in [0.15, 0.2) is 5.78 Å². The third-order valence-electron chi connectivity index (χ3n) is 4.09. The van der Waals surface area contributed by atoms with Gasteiger partial charge >= 0.3 is 11.9 Å². The van der Waals surface area contributed by atoms with E-state index in [-0.39, 0.29) is 0 Å². The second-order valence-corrected chi connectivity index (χ2v) is 6.92. The molecule has 0 bridgehead atoms. The van der Waals surface area contributed by atoms with E-state index in [1.54, 1.807) is 38.1 Å². The van der Waals surface area contributed by atoms with E-state index in [9.17, 15) is 14.4 Å². The van der Waals surface area contributed by atoms with Crippen LogP contribution in [0.5, 0.6) is 0 Å². The fourth-order valence-corrected chi connectivity index (χ4v) is 3.00. The molecule has 1 heterocycles. The van der Waals surface area contributed by atoms with Crippen LogP contribution in [0.15, 0.2) is 28.7 Å². The molecule has 1 aromatic rings. The van der Waals surface area contributed by atoms with Gasteiger partial charge in [-0.15, -0.1) is 0 Å². The Morgan fingerprint density at radius 3 is 2.23 bits per heavy atom. The number of Topliss-reactive ketones (excluding diaryl/α,β-unsaturated/α-hetero) is 1. The Kier molecular flexibility index (Phi) is 4.17. The SMILES string of the molecule is COC(=O)[C@@]1(C)C(=O)O[C@@H](c2ccc(Br)cc2)C(C)(C)C1=O.